The predicted octanol–water partition coefficient (Wildman–Crippen LogP) is 0.884. The first kappa shape index (κ1) is 17.4. The normalized spacial score (nSPS) is 13.1. The van der Waals surface area contributed by atoms with Gasteiger partial charge in [0.15, 0.2) is 0 Å². The first-order chi connectivity index (χ1) is 8.51. The lowest BCUT2D eigenvalue weighted by Crippen LogP contribution is -2.49. The van der Waals surface area contributed by atoms with Crippen molar-refractivity contribution >= 4 is 5.97 Å². The van der Waals surface area contributed by atoms with Crippen LogP contribution in [0, 0.1) is 0 Å². The number of esters is 1. The van der Waals surface area contributed by atoms with Gasteiger partial charge < -0.3 is 19.7 Å². The van der Waals surface area contributed by atoms with Crippen molar-refractivity contribution in [1.29, 1.82) is 0 Å². The Hall–Kier alpha value is -0.650. The first-order valence-electron chi connectivity index (χ1n) is 6.70. The third-order valence-corrected chi connectivity index (χ3v) is 2.42. The molecule has 0 aliphatic heterocycles. The molecule has 1 unspecified atom stereocenters. The molecule has 0 aromatic rings. The van der Waals surface area contributed by atoms with Gasteiger partial charge in [-0.15, -0.1) is 0 Å². The highest BCUT2D eigenvalue weighted by Crippen LogP contribution is 1.96. The molecule has 108 valence electrons. The van der Waals surface area contributed by atoms with Crippen molar-refractivity contribution in [1.82, 2.24) is 10.2 Å². The molecule has 0 aliphatic rings. The Morgan fingerprint density at radius 1 is 1.28 bits per heavy atom. The summed E-state index contributed by atoms with van der Waals surface area (Å²) in [6.45, 7) is 11.1. The monoisotopic (exact) mass is 260 g/mol. The molecule has 0 aromatic carbocycles. The van der Waals surface area contributed by atoms with Gasteiger partial charge in [-0.3, -0.25) is 4.79 Å². The Morgan fingerprint density at radius 3 is 2.44 bits per heavy atom. The number of nitrogens with one attached hydrogen (secondary N) is 1. The molecule has 1 N–H and O–H groups in total. The summed E-state index contributed by atoms with van der Waals surface area (Å²) in [5.41, 5.74) is 0. The van der Waals surface area contributed by atoms with Crippen LogP contribution in [-0.2, 0) is 14.3 Å². The summed E-state index contributed by atoms with van der Waals surface area (Å²) < 4.78 is 10.4. The summed E-state index contributed by atoms with van der Waals surface area (Å²) in [5.74, 6) is -0.186. The number of hydrogen-bond donors (Lipinski definition) is 1. The van der Waals surface area contributed by atoms with E-state index in [0.29, 0.717) is 19.8 Å². The van der Waals surface area contributed by atoms with Crippen LogP contribution in [0.1, 0.15) is 27.7 Å². The van der Waals surface area contributed by atoms with Crippen molar-refractivity contribution in [2.24, 2.45) is 0 Å². The molecule has 0 saturated heterocycles. The molecule has 18 heavy (non-hydrogen) atoms. The van der Waals surface area contributed by atoms with Crippen LogP contribution in [0.25, 0.3) is 0 Å². The van der Waals surface area contributed by atoms with Gasteiger partial charge in [0.05, 0.1) is 13.2 Å². The van der Waals surface area contributed by atoms with Gasteiger partial charge in [0.25, 0.3) is 0 Å². The van der Waals surface area contributed by atoms with E-state index >= 15 is 0 Å². The number of likely N-dealkylation sites (N-methyl/N-ethyl adjacent to an activating group) is 1. The Bertz CT molecular complexity index is 222. The van der Waals surface area contributed by atoms with Gasteiger partial charge in [-0.25, -0.2) is 0 Å². The number of hydrogen-bond acceptors (Lipinski definition) is 5. The zero-order valence-corrected chi connectivity index (χ0v) is 12.4. The van der Waals surface area contributed by atoms with Crippen LogP contribution < -0.4 is 5.32 Å². The zero-order valence-electron chi connectivity index (χ0n) is 12.4. The molecule has 1 atom stereocenters. The van der Waals surface area contributed by atoms with E-state index in [4.69, 9.17) is 9.47 Å². The second kappa shape index (κ2) is 10.3. The fourth-order valence-corrected chi connectivity index (χ4v) is 1.61. The van der Waals surface area contributed by atoms with E-state index in [0.717, 1.165) is 13.2 Å². The van der Waals surface area contributed by atoms with E-state index in [-0.39, 0.29) is 18.1 Å². The van der Waals surface area contributed by atoms with Crippen LogP contribution in [0.15, 0.2) is 0 Å². The maximum Gasteiger partial charge on any atom is 0.324 e. The van der Waals surface area contributed by atoms with Crippen molar-refractivity contribution in [3.8, 4) is 0 Å². The van der Waals surface area contributed by atoms with Crippen molar-refractivity contribution in [3.63, 3.8) is 0 Å². The third kappa shape index (κ3) is 8.44. The maximum atomic E-state index is 11.8. The Labute approximate surface area is 111 Å². The summed E-state index contributed by atoms with van der Waals surface area (Å²) in [6, 6.07) is -0.0312. The van der Waals surface area contributed by atoms with Crippen LogP contribution in [0.2, 0.25) is 0 Å². The molecule has 5 heteroatoms. The Morgan fingerprint density at radius 2 is 1.94 bits per heavy atom. The van der Waals surface area contributed by atoms with Crippen molar-refractivity contribution < 1.29 is 14.3 Å². The van der Waals surface area contributed by atoms with Crippen LogP contribution in [-0.4, -0.2) is 62.9 Å². The second-order valence-electron chi connectivity index (χ2n) is 4.59. The molecule has 0 heterocycles. The van der Waals surface area contributed by atoms with E-state index in [1.54, 1.807) is 0 Å². The SMILES string of the molecule is CCOCCN(C)CC(NC(C)C)C(=O)OCC. The standard InChI is InChI=1S/C13H28N2O3/c1-6-17-9-8-15(5)10-12(14-11(3)4)13(16)18-7-2/h11-12,14H,6-10H2,1-5H3. The fourth-order valence-electron chi connectivity index (χ4n) is 1.61. The van der Waals surface area contributed by atoms with Crippen LogP contribution in [0.5, 0.6) is 0 Å². The molecule has 0 radical (unpaired) electrons. The molecular weight excluding hydrogens is 232 g/mol. The third-order valence-electron chi connectivity index (χ3n) is 2.42. The molecule has 0 aromatic heterocycles. The van der Waals surface area contributed by atoms with Crippen LogP contribution in [0.4, 0.5) is 0 Å². The topological polar surface area (TPSA) is 50.8 Å². The van der Waals surface area contributed by atoms with Crippen molar-refractivity contribution in [2.45, 2.75) is 39.8 Å². The fraction of sp³-hybridized carbons (Fsp3) is 0.923. The highest BCUT2D eigenvalue weighted by Gasteiger charge is 2.21. The Kier molecular flexibility index (Phi) is 9.92. The smallest absolute Gasteiger partial charge is 0.324 e. The molecule has 0 aliphatic carbocycles. The summed E-state index contributed by atoms with van der Waals surface area (Å²) in [4.78, 5) is 13.9. The van der Waals surface area contributed by atoms with Crippen LogP contribution in [0.3, 0.4) is 0 Å². The number of carbonyl (C=O) groups is 1. The summed E-state index contributed by atoms with van der Waals surface area (Å²) in [5, 5.41) is 3.23. The lowest BCUT2D eigenvalue weighted by atomic mass is 10.2. The number of ether oxygens (including phenoxy) is 2. The van der Waals surface area contributed by atoms with Crippen molar-refractivity contribution in [2.75, 3.05) is 40.0 Å². The lowest BCUT2D eigenvalue weighted by Gasteiger charge is -2.25. The molecule has 0 bridgehead atoms. The molecular formula is C13H28N2O3. The van der Waals surface area contributed by atoms with Gasteiger partial charge in [0, 0.05) is 25.7 Å². The highest BCUT2D eigenvalue weighted by molar-refractivity contribution is 5.76. The average Bonchev–Trinajstić information content (AvgIpc) is 2.28. The van der Waals surface area contributed by atoms with Gasteiger partial charge in [-0.05, 0) is 20.9 Å². The van der Waals surface area contributed by atoms with Gasteiger partial charge in [-0.2, -0.15) is 0 Å². The minimum atomic E-state index is -0.281. The van der Waals surface area contributed by atoms with Gasteiger partial charge in [0.1, 0.15) is 6.04 Å². The molecule has 0 saturated carbocycles. The van der Waals surface area contributed by atoms with Gasteiger partial charge >= 0.3 is 5.97 Å². The molecule has 0 rings (SSSR count). The minimum Gasteiger partial charge on any atom is -0.465 e. The summed E-state index contributed by atoms with van der Waals surface area (Å²) in [7, 11) is 1.98. The summed E-state index contributed by atoms with van der Waals surface area (Å²) in [6.07, 6.45) is 0. The van der Waals surface area contributed by atoms with E-state index in [1.807, 2.05) is 34.7 Å². The molecule has 0 amide bonds. The van der Waals surface area contributed by atoms with Gasteiger partial charge in [-0.1, -0.05) is 13.8 Å². The number of nitrogens with zero attached hydrogens (tertiary/aromatic N) is 1. The van der Waals surface area contributed by atoms with E-state index in [9.17, 15) is 4.79 Å². The number of rotatable bonds is 10. The zero-order chi connectivity index (χ0) is 14.0. The van der Waals surface area contributed by atoms with E-state index in [1.165, 1.54) is 0 Å². The van der Waals surface area contributed by atoms with Gasteiger partial charge in [0.2, 0.25) is 0 Å². The summed E-state index contributed by atoms with van der Waals surface area (Å²) >= 11 is 0. The molecule has 0 spiro atoms. The van der Waals surface area contributed by atoms with E-state index < -0.39 is 0 Å². The highest BCUT2D eigenvalue weighted by atomic mass is 16.5. The minimum absolute atomic E-state index is 0.186. The maximum absolute atomic E-state index is 11.8. The second-order valence-corrected chi connectivity index (χ2v) is 4.59. The average molecular weight is 260 g/mol. The van der Waals surface area contributed by atoms with E-state index in [2.05, 4.69) is 10.2 Å². The lowest BCUT2D eigenvalue weighted by molar-refractivity contribution is -0.146. The van der Waals surface area contributed by atoms with Crippen molar-refractivity contribution in [3.05, 3.63) is 0 Å². The predicted molar refractivity (Wildman–Crippen MR) is 72.7 cm³/mol. The quantitative estimate of drug-likeness (QED) is 0.467. The molecule has 0 fully saturated rings. The Balaban J connectivity index is 4.17. The first-order valence-corrected chi connectivity index (χ1v) is 6.70. The number of carbonyl (C=O) groups excluding carboxylic acids is 1. The molecule has 5 nitrogen and oxygen atoms in total. The van der Waals surface area contributed by atoms with Crippen LogP contribution >= 0.6 is 0 Å². The largest absolute Gasteiger partial charge is 0.465 e.